The third-order valence-electron chi connectivity index (χ3n) is 4.04. The molecule has 0 aromatic heterocycles. The minimum Gasteiger partial charge on any atom is -0.353 e. The molecule has 1 amide bonds. The van der Waals surface area contributed by atoms with Gasteiger partial charge >= 0.3 is 0 Å². The Morgan fingerprint density at radius 1 is 1.55 bits per heavy atom. The number of carbonyl (C=O) groups excluding carboxylic acids is 1. The van der Waals surface area contributed by atoms with E-state index in [4.69, 9.17) is 0 Å². The maximum Gasteiger partial charge on any atom is 0.220 e. The maximum absolute atomic E-state index is 13.2. The number of hydrogen-bond donors (Lipinski definition) is 2. The van der Waals surface area contributed by atoms with E-state index in [1.165, 1.54) is 12.1 Å². The Bertz CT molecular complexity index is 464. The van der Waals surface area contributed by atoms with Crippen molar-refractivity contribution in [1.82, 2.24) is 10.6 Å². The van der Waals surface area contributed by atoms with Crippen LogP contribution in [-0.4, -0.2) is 25.0 Å². The van der Waals surface area contributed by atoms with Crippen molar-refractivity contribution in [3.05, 3.63) is 35.6 Å². The van der Waals surface area contributed by atoms with Crippen LogP contribution in [0.15, 0.2) is 24.3 Å². The lowest BCUT2D eigenvalue weighted by Gasteiger charge is -2.30. The highest BCUT2D eigenvalue weighted by Crippen LogP contribution is 2.20. The molecular formula is C16H23FN2O. The summed E-state index contributed by atoms with van der Waals surface area (Å²) in [4.78, 5) is 12.1. The molecule has 2 rings (SSSR count). The summed E-state index contributed by atoms with van der Waals surface area (Å²) >= 11 is 0. The molecule has 20 heavy (non-hydrogen) atoms. The SMILES string of the molecule is CC(CC(=O)NC1CCNCC1C)c1cccc(F)c1. The Balaban J connectivity index is 1.87. The first-order chi connectivity index (χ1) is 9.56. The summed E-state index contributed by atoms with van der Waals surface area (Å²) in [6.07, 6.45) is 1.38. The summed E-state index contributed by atoms with van der Waals surface area (Å²) in [6.45, 7) is 6.01. The maximum atomic E-state index is 13.2. The smallest absolute Gasteiger partial charge is 0.220 e. The average Bonchev–Trinajstić information content (AvgIpc) is 2.41. The first-order valence-corrected chi connectivity index (χ1v) is 7.32. The Morgan fingerprint density at radius 3 is 3.05 bits per heavy atom. The zero-order chi connectivity index (χ0) is 14.5. The lowest BCUT2D eigenvalue weighted by molar-refractivity contribution is -0.122. The molecule has 3 atom stereocenters. The molecule has 1 fully saturated rings. The molecular weight excluding hydrogens is 255 g/mol. The van der Waals surface area contributed by atoms with Gasteiger partial charge in [-0.1, -0.05) is 26.0 Å². The highest BCUT2D eigenvalue weighted by Gasteiger charge is 2.23. The minimum absolute atomic E-state index is 0.0303. The second-order valence-corrected chi connectivity index (χ2v) is 5.80. The van der Waals surface area contributed by atoms with Crippen molar-refractivity contribution in [2.75, 3.05) is 13.1 Å². The molecule has 1 aromatic rings. The normalized spacial score (nSPS) is 24.1. The summed E-state index contributed by atoms with van der Waals surface area (Å²) in [5.74, 6) is 0.294. The van der Waals surface area contributed by atoms with Gasteiger partial charge in [-0.15, -0.1) is 0 Å². The van der Waals surface area contributed by atoms with E-state index < -0.39 is 0 Å². The second-order valence-electron chi connectivity index (χ2n) is 5.80. The standard InChI is InChI=1S/C16H23FN2O/c1-11(13-4-3-5-14(17)9-13)8-16(20)19-15-6-7-18-10-12(15)2/h3-5,9,11-12,15,18H,6-8,10H2,1-2H3,(H,19,20). The number of benzene rings is 1. The fourth-order valence-corrected chi connectivity index (χ4v) is 2.70. The van der Waals surface area contributed by atoms with E-state index in [9.17, 15) is 9.18 Å². The minimum atomic E-state index is -0.248. The summed E-state index contributed by atoms with van der Waals surface area (Å²) in [7, 11) is 0. The van der Waals surface area contributed by atoms with Crippen LogP contribution in [0.3, 0.4) is 0 Å². The van der Waals surface area contributed by atoms with Crippen LogP contribution in [0.4, 0.5) is 4.39 Å². The van der Waals surface area contributed by atoms with Crippen molar-refractivity contribution in [2.45, 2.75) is 38.6 Å². The van der Waals surface area contributed by atoms with E-state index in [1.807, 2.05) is 13.0 Å². The van der Waals surface area contributed by atoms with Gasteiger partial charge in [-0.3, -0.25) is 4.79 Å². The van der Waals surface area contributed by atoms with E-state index in [2.05, 4.69) is 17.6 Å². The molecule has 1 heterocycles. The molecule has 110 valence electrons. The molecule has 3 unspecified atom stereocenters. The third kappa shape index (κ3) is 4.04. The van der Waals surface area contributed by atoms with Gasteiger partial charge in [0.05, 0.1) is 0 Å². The predicted molar refractivity (Wildman–Crippen MR) is 78.0 cm³/mol. The van der Waals surface area contributed by atoms with Crippen molar-refractivity contribution in [3.8, 4) is 0 Å². The van der Waals surface area contributed by atoms with Gasteiger partial charge in [0.25, 0.3) is 0 Å². The molecule has 1 aliphatic rings. The Morgan fingerprint density at radius 2 is 2.35 bits per heavy atom. The molecule has 1 aliphatic heterocycles. The molecule has 1 saturated heterocycles. The number of hydrogen-bond acceptors (Lipinski definition) is 2. The van der Waals surface area contributed by atoms with E-state index >= 15 is 0 Å². The van der Waals surface area contributed by atoms with Crippen molar-refractivity contribution in [3.63, 3.8) is 0 Å². The zero-order valence-corrected chi connectivity index (χ0v) is 12.2. The summed E-state index contributed by atoms with van der Waals surface area (Å²) in [6, 6.07) is 6.74. The zero-order valence-electron chi connectivity index (χ0n) is 12.2. The van der Waals surface area contributed by atoms with Crippen molar-refractivity contribution < 1.29 is 9.18 Å². The lowest BCUT2D eigenvalue weighted by atomic mass is 9.93. The van der Waals surface area contributed by atoms with Crippen molar-refractivity contribution >= 4 is 5.91 Å². The molecule has 0 radical (unpaired) electrons. The van der Waals surface area contributed by atoms with E-state index in [0.717, 1.165) is 25.1 Å². The third-order valence-corrected chi connectivity index (χ3v) is 4.04. The van der Waals surface area contributed by atoms with Gasteiger partial charge in [0, 0.05) is 12.5 Å². The molecule has 1 aromatic carbocycles. The molecule has 0 aliphatic carbocycles. The van der Waals surface area contributed by atoms with Gasteiger partial charge in [-0.2, -0.15) is 0 Å². The Hall–Kier alpha value is -1.42. The number of carbonyl (C=O) groups is 1. The summed E-state index contributed by atoms with van der Waals surface area (Å²) < 4.78 is 13.2. The Kier molecular flexibility index (Phi) is 5.12. The van der Waals surface area contributed by atoms with E-state index in [-0.39, 0.29) is 23.7 Å². The largest absolute Gasteiger partial charge is 0.353 e. The average molecular weight is 278 g/mol. The quantitative estimate of drug-likeness (QED) is 0.888. The van der Waals surface area contributed by atoms with Crippen LogP contribution in [0.25, 0.3) is 0 Å². The molecule has 0 spiro atoms. The van der Waals surface area contributed by atoms with Crippen LogP contribution in [0.1, 0.15) is 38.2 Å². The number of halogens is 1. The molecule has 0 saturated carbocycles. The van der Waals surface area contributed by atoms with Crippen LogP contribution >= 0.6 is 0 Å². The van der Waals surface area contributed by atoms with Crippen molar-refractivity contribution in [1.29, 1.82) is 0 Å². The first kappa shape index (κ1) is 15.0. The van der Waals surface area contributed by atoms with Crippen LogP contribution in [0.2, 0.25) is 0 Å². The fourth-order valence-electron chi connectivity index (χ4n) is 2.70. The van der Waals surface area contributed by atoms with Gasteiger partial charge in [-0.25, -0.2) is 4.39 Å². The molecule has 2 N–H and O–H groups in total. The number of amides is 1. The first-order valence-electron chi connectivity index (χ1n) is 7.32. The second kappa shape index (κ2) is 6.84. The van der Waals surface area contributed by atoms with Gasteiger partial charge in [0.2, 0.25) is 5.91 Å². The number of rotatable bonds is 4. The molecule has 4 heteroatoms. The lowest BCUT2D eigenvalue weighted by Crippen LogP contribution is -2.48. The van der Waals surface area contributed by atoms with Gasteiger partial charge < -0.3 is 10.6 Å². The highest BCUT2D eigenvalue weighted by molar-refractivity contribution is 5.77. The van der Waals surface area contributed by atoms with Crippen molar-refractivity contribution in [2.24, 2.45) is 5.92 Å². The fraction of sp³-hybridized carbons (Fsp3) is 0.562. The van der Waals surface area contributed by atoms with Crippen LogP contribution in [-0.2, 0) is 4.79 Å². The van der Waals surface area contributed by atoms with E-state index in [0.29, 0.717) is 12.3 Å². The van der Waals surface area contributed by atoms with Crippen LogP contribution < -0.4 is 10.6 Å². The monoisotopic (exact) mass is 278 g/mol. The summed E-state index contributed by atoms with van der Waals surface area (Å²) in [5, 5.41) is 6.43. The van der Waals surface area contributed by atoms with Crippen LogP contribution in [0, 0.1) is 11.7 Å². The van der Waals surface area contributed by atoms with Gasteiger partial charge in [-0.05, 0) is 49.0 Å². The Labute approximate surface area is 120 Å². The topological polar surface area (TPSA) is 41.1 Å². The van der Waals surface area contributed by atoms with Gasteiger partial charge in [0.15, 0.2) is 0 Å². The summed E-state index contributed by atoms with van der Waals surface area (Å²) in [5.41, 5.74) is 0.874. The molecule has 3 nitrogen and oxygen atoms in total. The number of piperidine rings is 1. The van der Waals surface area contributed by atoms with E-state index in [1.54, 1.807) is 6.07 Å². The van der Waals surface area contributed by atoms with Crippen LogP contribution in [0.5, 0.6) is 0 Å². The molecule has 0 bridgehead atoms. The predicted octanol–water partition coefficient (Wildman–Crippen LogP) is 2.43. The van der Waals surface area contributed by atoms with Gasteiger partial charge in [0.1, 0.15) is 5.82 Å². The number of nitrogens with one attached hydrogen (secondary N) is 2. The highest BCUT2D eigenvalue weighted by atomic mass is 19.1.